The van der Waals surface area contributed by atoms with Crippen LogP contribution in [0.25, 0.3) is 0 Å². The van der Waals surface area contributed by atoms with Gasteiger partial charge in [-0.1, -0.05) is 87.7 Å². The molecule has 0 unspecified atom stereocenters. The largest absolute Gasteiger partial charge is 0.488 e. The number of anilines is 1. The molecule has 1 aliphatic heterocycles. The Morgan fingerprint density at radius 2 is 1.71 bits per heavy atom. The number of aliphatic imine (C=N–C) groups is 1. The van der Waals surface area contributed by atoms with Crippen molar-refractivity contribution in [1.82, 2.24) is 0 Å². The predicted octanol–water partition coefficient (Wildman–Crippen LogP) is 9.22. The van der Waals surface area contributed by atoms with Crippen molar-refractivity contribution in [2.75, 3.05) is 5.32 Å². The van der Waals surface area contributed by atoms with Crippen LogP contribution in [0.5, 0.6) is 5.75 Å². The molecule has 0 fully saturated rings. The Morgan fingerprint density at radius 3 is 2.53 bits per heavy atom. The van der Waals surface area contributed by atoms with Crippen LogP contribution in [-0.4, -0.2) is 6.21 Å². The zero-order valence-electron chi connectivity index (χ0n) is 21.7. The van der Waals surface area contributed by atoms with Crippen LogP contribution in [-0.2, 0) is 6.61 Å². The normalized spacial score (nSPS) is 19.7. The number of ether oxygens (including phenoxy) is 1. The molecular weight excluding hydrogens is 532 g/mol. The number of nitrogens with zero attached hydrogens (tertiary/aromatic N) is 1. The molecule has 3 nitrogen and oxygen atoms in total. The summed E-state index contributed by atoms with van der Waals surface area (Å²) in [5, 5.41) is 3.83. The second kappa shape index (κ2) is 10.6. The van der Waals surface area contributed by atoms with Crippen molar-refractivity contribution < 1.29 is 4.74 Å². The Balaban J connectivity index is 1.19. The van der Waals surface area contributed by atoms with Crippen LogP contribution >= 0.6 is 15.9 Å². The molecular formula is C34H31BrN2O. The fraction of sp³-hybridized carbons (Fsp3) is 0.206. The van der Waals surface area contributed by atoms with E-state index in [0.29, 0.717) is 18.4 Å². The van der Waals surface area contributed by atoms with E-state index in [4.69, 9.17) is 9.73 Å². The summed E-state index contributed by atoms with van der Waals surface area (Å²) in [7, 11) is 0. The van der Waals surface area contributed by atoms with E-state index in [9.17, 15) is 0 Å². The first-order chi connectivity index (χ1) is 18.5. The summed E-state index contributed by atoms with van der Waals surface area (Å²) in [6.45, 7) is 4.78. The monoisotopic (exact) mass is 562 g/mol. The van der Waals surface area contributed by atoms with Crippen molar-refractivity contribution >= 4 is 33.5 Å². The van der Waals surface area contributed by atoms with Crippen LogP contribution in [0.3, 0.4) is 0 Å². The maximum absolute atomic E-state index is 6.15. The summed E-state index contributed by atoms with van der Waals surface area (Å²) < 4.78 is 7.15. The summed E-state index contributed by atoms with van der Waals surface area (Å²) in [6, 6.07) is 30.2. The molecule has 0 saturated heterocycles. The van der Waals surface area contributed by atoms with E-state index >= 15 is 0 Å². The van der Waals surface area contributed by atoms with Gasteiger partial charge in [-0.3, -0.25) is 4.99 Å². The average molecular weight is 564 g/mol. The molecule has 38 heavy (non-hydrogen) atoms. The van der Waals surface area contributed by atoms with Gasteiger partial charge in [-0.25, -0.2) is 0 Å². The van der Waals surface area contributed by atoms with Crippen LogP contribution in [0.4, 0.5) is 11.4 Å². The first kappa shape index (κ1) is 24.7. The Morgan fingerprint density at radius 1 is 0.921 bits per heavy atom. The third kappa shape index (κ3) is 5.19. The SMILES string of the molecule is Cc1ccc(COc2ccc(Br)cc2C=Nc2ccc([C@@H]3Nc4ccc(C)cc4[C@@H]4C=CC[C@H]43)cc2)cc1. The second-order valence-corrected chi connectivity index (χ2v) is 11.3. The number of halogens is 1. The standard InChI is InChI=1S/C34H31BrN2O/c1-22-6-9-24(10-7-22)21-38-33-17-13-27(35)19-26(33)20-36-28-14-11-25(12-15-28)34-30-5-3-4-29(30)31-18-23(2)8-16-32(31)37-34/h3-4,6-20,29-30,34,37H,5,21H2,1-2H3/t29-,30-,34+/m1/s1. The van der Waals surface area contributed by atoms with Gasteiger partial charge in [0.25, 0.3) is 0 Å². The molecule has 4 heteroatoms. The first-order valence-corrected chi connectivity index (χ1v) is 14.0. The van der Waals surface area contributed by atoms with E-state index in [2.05, 4.69) is 114 Å². The number of fused-ring (bicyclic) bond motifs is 3. The summed E-state index contributed by atoms with van der Waals surface area (Å²) >= 11 is 3.59. The van der Waals surface area contributed by atoms with Crippen molar-refractivity contribution in [3.05, 3.63) is 135 Å². The Hall–Kier alpha value is -3.63. The van der Waals surface area contributed by atoms with E-state index in [-0.39, 0.29) is 6.04 Å². The van der Waals surface area contributed by atoms with E-state index < -0.39 is 0 Å². The molecule has 6 rings (SSSR count). The van der Waals surface area contributed by atoms with Gasteiger partial charge >= 0.3 is 0 Å². The number of allylic oxidation sites excluding steroid dienone is 2. The molecule has 190 valence electrons. The smallest absolute Gasteiger partial charge is 0.128 e. The van der Waals surface area contributed by atoms with Crippen LogP contribution in [0, 0.1) is 19.8 Å². The molecule has 0 radical (unpaired) electrons. The number of aryl methyl sites for hydroxylation is 2. The molecule has 0 spiro atoms. The van der Waals surface area contributed by atoms with Crippen LogP contribution < -0.4 is 10.1 Å². The highest BCUT2D eigenvalue weighted by molar-refractivity contribution is 9.10. The van der Waals surface area contributed by atoms with Crippen molar-refractivity contribution in [2.45, 2.75) is 38.8 Å². The lowest BCUT2D eigenvalue weighted by atomic mass is 9.76. The van der Waals surface area contributed by atoms with Gasteiger partial charge in [0.1, 0.15) is 12.4 Å². The van der Waals surface area contributed by atoms with E-state index in [0.717, 1.165) is 33.5 Å². The highest BCUT2D eigenvalue weighted by Crippen LogP contribution is 2.50. The van der Waals surface area contributed by atoms with Crippen LogP contribution in [0.15, 0.2) is 107 Å². The molecule has 4 aromatic carbocycles. The fourth-order valence-electron chi connectivity index (χ4n) is 5.55. The second-order valence-electron chi connectivity index (χ2n) is 10.4. The first-order valence-electron chi connectivity index (χ1n) is 13.2. The Bertz CT molecular complexity index is 1510. The number of hydrogen-bond acceptors (Lipinski definition) is 3. The Kier molecular flexibility index (Phi) is 6.90. The minimum atomic E-state index is 0.287. The molecule has 0 amide bonds. The lowest BCUT2D eigenvalue weighted by Crippen LogP contribution is -2.29. The minimum Gasteiger partial charge on any atom is -0.488 e. The summed E-state index contributed by atoms with van der Waals surface area (Å²) in [5.41, 5.74) is 9.56. The topological polar surface area (TPSA) is 33.6 Å². The maximum Gasteiger partial charge on any atom is 0.128 e. The molecule has 1 aliphatic carbocycles. The number of benzene rings is 4. The van der Waals surface area contributed by atoms with E-state index in [1.54, 1.807) is 0 Å². The van der Waals surface area contributed by atoms with Crippen molar-refractivity contribution in [3.8, 4) is 5.75 Å². The lowest BCUT2D eigenvalue weighted by Gasteiger charge is -2.37. The van der Waals surface area contributed by atoms with Gasteiger partial charge in [0.2, 0.25) is 0 Å². The molecule has 1 heterocycles. The van der Waals surface area contributed by atoms with Gasteiger partial charge in [0.05, 0.1) is 11.7 Å². The lowest BCUT2D eigenvalue weighted by molar-refractivity contribution is 0.306. The number of nitrogens with one attached hydrogen (secondary N) is 1. The molecule has 3 atom stereocenters. The van der Waals surface area contributed by atoms with Crippen molar-refractivity contribution in [2.24, 2.45) is 10.9 Å². The zero-order chi connectivity index (χ0) is 26.1. The summed E-state index contributed by atoms with van der Waals surface area (Å²) in [5.74, 6) is 1.83. The molecule has 0 bridgehead atoms. The van der Waals surface area contributed by atoms with Gasteiger partial charge in [-0.15, -0.1) is 0 Å². The van der Waals surface area contributed by atoms with Gasteiger partial charge < -0.3 is 10.1 Å². The summed E-state index contributed by atoms with van der Waals surface area (Å²) in [6.07, 6.45) is 7.73. The number of rotatable bonds is 6. The van der Waals surface area contributed by atoms with Gasteiger partial charge in [0, 0.05) is 27.9 Å². The van der Waals surface area contributed by atoms with Gasteiger partial charge in [-0.2, -0.15) is 0 Å². The molecule has 1 N–H and O–H groups in total. The maximum atomic E-state index is 6.15. The zero-order valence-corrected chi connectivity index (χ0v) is 23.3. The highest BCUT2D eigenvalue weighted by atomic mass is 79.9. The molecule has 4 aromatic rings. The van der Waals surface area contributed by atoms with Crippen molar-refractivity contribution in [3.63, 3.8) is 0 Å². The highest BCUT2D eigenvalue weighted by Gasteiger charge is 2.37. The Labute approximate surface area is 233 Å². The van der Waals surface area contributed by atoms with Crippen molar-refractivity contribution in [1.29, 1.82) is 0 Å². The molecule has 0 aromatic heterocycles. The van der Waals surface area contributed by atoms with Gasteiger partial charge in [0.15, 0.2) is 0 Å². The average Bonchev–Trinajstić information content (AvgIpc) is 3.43. The fourth-order valence-corrected chi connectivity index (χ4v) is 5.93. The third-order valence-corrected chi connectivity index (χ3v) is 8.10. The quantitative estimate of drug-likeness (QED) is 0.187. The third-order valence-electron chi connectivity index (χ3n) is 7.61. The van der Waals surface area contributed by atoms with E-state index in [1.807, 2.05) is 24.4 Å². The molecule has 0 saturated carbocycles. The van der Waals surface area contributed by atoms with Crippen LogP contribution in [0.1, 0.15) is 51.8 Å². The summed E-state index contributed by atoms with van der Waals surface area (Å²) in [4.78, 5) is 4.78. The van der Waals surface area contributed by atoms with Gasteiger partial charge in [-0.05, 0) is 79.3 Å². The number of hydrogen-bond donors (Lipinski definition) is 1. The van der Waals surface area contributed by atoms with Crippen LogP contribution in [0.2, 0.25) is 0 Å². The molecule has 2 aliphatic rings. The minimum absolute atomic E-state index is 0.287. The van der Waals surface area contributed by atoms with E-state index in [1.165, 1.54) is 27.9 Å². The predicted molar refractivity (Wildman–Crippen MR) is 161 cm³/mol.